The van der Waals surface area contributed by atoms with Crippen LogP contribution in [-0.4, -0.2) is 30.3 Å². The number of hydrogen-bond donors (Lipinski definition) is 1. The molecule has 0 saturated heterocycles. The molecule has 0 aliphatic heterocycles. The van der Waals surface area contributed by atoms with Gasteiger partial charge in [0.15, 0.2) is 0 Å². The van der Waals surface area contributed by atoms with Crippen LogP contribution in [0, 0.1) is 34.5 Å². The smallest absolute Gasteiger partial charge is 0.726 e. The van der Waals surface area contributed by atoms with Crippen molar-refractivity contribution < 1.29 is 51.8 Å². The average molecular weight is 421 g/mol. The molecule has 0 heterocycles. The predicted octanol–water partition coefficient (Wildman–Crippen LogP) is 0.796. The molecule has 4 rings (SSSR count). The Morgan fingerprint density at radius 1 is 1.18 bits per heavy atom. The Bertz CT molecular complexity index is 735. The third-order valence-electron chi connectivity index (χ3n) is 8.97. The molecule has 3 saturated carbocycles. The summed E-state index contributed by atoms with van der Waals surface area (Å²) in [5.74, 6) is 2.35. The molecule has 0 radical (unpaired) electrons. The average Bonchev–Trinajstić information content (AvgIpc) is 2.91. The normalized spacial score (nSPS) is 46.5. The summed E-state index contributed by atoms with van der Waals surface area (Å²) in [5.41, 5.74) is 1.64. The SMILES string of the molecule is C[C@@H](O)C1CC[C@H]2[C@@H]3CC=C4C[C@H](OS(=O)(=O)[O-])CC[C@]4(C)[C@H]3CC[C@]12C.[Na+]. The molecule has 0 amide bonds. The van der Waals surface area contributed by atoms with Crippen LogP contribution in [0.4, 0.5) is 0 Å². The predicted molar refractivity (Wildman–Crippen MR) is 101 cm³/mol. The van der Waals surface area contributed by atoms with Crippen molar-refractivity contribution in [2.45, 2.75) is 84.3 Å². The van der Waals surface area contributed by atoms with Gasteiger partial charge < -0.3 is 9.66 Å². The van der Waals surface area contributed by atoms with Gasteiger partial charge in [0, 0.05) is 0 Å². The minimum Gasteiger partial charge on any atom is -0.726 e. The van der Waals surface area contributed by atoms with E-state index in [4.69, 9.17) is 4.18 Å². The van der Waals surface area contributed by atoms with Crippen LogP contribution < -0.4 is 29.6 Å². The van der Waals surface area contributed by atoms with E-state index < -0.39 is 16.5 Å². The van der Waals surface area contributed by atoms with E-state index in [9.17, 15) is 18.1 Å². The summed E-state index contributed by atoms with van der Waals surface area (Å²) in [4.78, 5) is 0. The first-order chi connectivity index (χ1) is 12.5. The molecule has 0 aromatic rings. The van der Waals surface area contributed by atoms with Crippen molar-refractivity contribution in [2.75, 3.05) is 0 Å². The maximum Gasteiger partial charge on any atom is 1.00 e. The summed E-state index contributed by atoms with van der Waals surface area (Å²) in [6, 6.07) is 0. The second-order valence-corrected chi connectivity index (χ2v) is 11.1. The van der Waals surface area contributed by atoms with Gasteiger partial charge in [-0.2, -0.15) is 0 Å². The molecule has 8 atom stereocenters. The van der Waals surface area contributed by atoms with E-state index >= 15 is 0 Å². The van der Waals surface area contributed by atoms with Crippen LogP contribution in [0.5, 0.6) is 0 Å². The summed E-state index contributed by atoms with van der Waals surface area (Å²) in [7, 11) is -4.64. The van der Waals surface area contributed by atoms with Gasteiger partial charge in [-0.25, -0.2) is 8.42 Å². The first-order valence-corrected chi connectivity index (χ1v) is 11.9. The Morgan fingerprint density at radius 2 is 1.89 bits per heavy atom. The van der Waals surface area contributed by atoms with Crippen molar-refractivity contribution in [1.82, 2.24) is 0 Å². The second-order valence-electron chi connectivity index (χ2n) is 10.1. The van der Waals surface area contributed by atoms with Crippen LogP contribution >= 0.6 is 0 Å². The van der Waals surface area contributed by atoms with Crippen LogP contribution in [0.15, 0.2) is 11.6 Å². The molecular weight excluding hydrogens is 387 g/mol. The van der Waals surface area contributed by atoms with Crippen LogP contribution in [0.3, 0.4) is 0 Å². The molecule has 1 N–H and O–H groups in total. The molecule has 1 unspecified atom stereocenters. The van der Waals surface area contributed by atoms with Gasteiger partial charge >= 0.3 is 29.6 Å². The monoisotopic (exact) mass is 420 g/mol. The first kappa shape index (κ1) is 23.2. The zero-order chi connectivity index (χ0) is 19.6. The number of rotatable bonds is 3. The minimum absolute atomic E-state index is 0. The summed E-state index contributed by atoms with van der Waals surface area (Å²) >= 11 is 0. The van der Waals surface area contributed by atoms with Crippen LogP contribution in [0.2, 0.25) is 0 Å². The van der Waals surface area contributed by atoms with Gasteiger partial charge in [0.05, 0.1) is 12.2 Å². The van der Waals surface area contributed by atoms with E-state index in [1.807, 2.05) is 6.92 Å². The zero-order valence-corrected chi connectivity index (χ0v) is 20.5. The number of allylic oxidation sites excluding steroid dienone is 1. The molecule has 28 heavy (non-hydrogen) atoms. The van der Waals surface area contributed by atoms with Gasteiger partial charge in [-0.05, 0) is 92.8 Å². The number of aliphatic hydroxyl groups is 1. The van der Waals surface area contributed by atoms with Crippen molar-refractivity contribution in [3.63, 3.8) is 0 Å². The van der Waals surface area contributed by atoms with Gasteiger partial charge in [0.25, 0.3) is 0 Å². The van der Waals surface area contributed by atoms with Gasteiger partial charge in [-0.15, -0.1) is 0 Å². The topological polar surface area (TPSA) is 86.7 Å². The Balaban J connectivity index is 0.00000225. The van der Waals surface area contributed by atoms with Gasteiger partial charge in [-0.3, -0.25) is 4.18 Å². The summed E-state index contributed by atoms with van der Waals surface area (Å²) < 4.78 is 37.8. The molecule has 3 fully saturated rings. The molecule has 4 aliphatic carbocycles. The van der Waals surface area contributed by atoms with E-state index in [1.165, 1.54) is 24.8 Å². The third kappa shape index (κ3) is 3.80. The van der Waals surface area contributed by atoms with Crippen LogP contribution in [0.25, 0.3) is 0 Å². The van der Waals surface area contributed by atoms with Crippen LogP contribution in [-0.2, 0) is 14.6 Å². The maximum absolute atomic E-state index is 11.0. The molecule has 7 heteroatoms. The zero-order valence-electron chi connectivity index (χ0n) is 17.7. The van der Waals surface area contributed by atoms with Crippen molar-refractivity contribution >= 4 is 10.4 Å². The Morgan fingerprint density at radius 3 is 2.54 bits per heavy atom. The van der Waals surface area contributed by atoms with Crippen molar-refractivity contribution in [3.8, 4) is 0 Å². The fraction of sp³-hybridized carbons (Fsp3) is 0.905. The third-order valence-corrected chi connectivity index (χ3v) is 9.48. The number of hydrogen-bond acceptors (Lipinski definition) is 5. The molecule has 4 aliphatic rings. The van der Waals surface area contributed by atoms with Crippen molar-refractivity contribution in [3.05, 3.63) is 11.6 Å². The van der Waals surface area contributed by atoms with E-state index in [0.29, 0.717) is 36.5 Å². The molecular formula is C21H33NaO5S. The number of aliphatic hydroxyl groups excluding tert-OH is 1. The Labute approximate surface area is 191 Å². The fourth-order valence-electron chi connectivity index (χ4n) is 7.71. The van der Waals surface area contributed by atoms with E-state index in [1.54, 1.807) is 0 Å². The second kappa shape index (κ2) is 7.92. The summed E-state index contributed by atoms with van der Waals surface area (Å²) in [5, 5.41) is 10.3. The first-order valence-electron chi connectivity index (χ1n) is 10.6. The van der Waals surface area contributed by atoms with Gasteiger partial charge in [0.2, 0.25) is 10.4 Å². The number of fused-ring (bicyclic) bond motifs is 5. The fourth-order valence-corrected chi connectivity index (χ4v) is 8.21. The molecule has 0 aromatic carbocycles. The molecule has 5 nitrogen and oxygen atoms in total. The molecule has 0 spiro atoms. The largest absolute Gasteiger partial charge is 1.00 e. The standard InChI is InChI=1S/C21H34O5S.Na/c1-13(22)17-6-7-18-16-5-4-14-12-15(26-27(23,24)25)8-10-20(14,2)19(16)9-11-21(17,18)3;/h4,13,15-19,22H,5-12H2,1-3H3,(H,23,24,25);/q;+1/p-1/t13-,15-,16+,17?,18+,19+,20+,21-;/m1./s1. The quantitative estimate of drug-likeness (QED) is 0.316. The van der Waals surface area contributed by atoms with Gasteiger partial charge in [0.1, 0.15) is 0 Å². The van der Waals surface area contributed by atoms with E-state index in [2.05, 4.69) is 19.9 Å². The summed E-state index contributed by atoms with van der Waals surface area (Å²) in [6.07, 6.45) is 9.44. The molecule has 154 valence electrons. The Hall–Kier alpha value is 0.570. The molecule has 0 bridgehead atoms. The van der Waals surface area contributed by atoms with E-state index in [-0.39, 0.29) is 46.5 Å². The van der Waals surface area contributed by atoms with E-state index in [0.717, 1.165) is 19.3 Å². The maximum atomic E-state index is 11.0. The Kier molecular flexibility index (Phi) is 6.57. The van der Waals surface area contributed by atoms with Crippen molar-refractivity contribution in [1.29, 1.82) is 0 Å². The van der Waals surface area contributed by atoms with Crippen molar-refractivity contribution in [2.24, 2.45) is 34.5 Å². The van der Waals surface area contributed by atoms with Gasteiger partial charge in [-0.1, -0.05) is 25.5 Å². The minimum atomic E-state index is -4.64. The van der Waals surface area contributed by atoms with Crippen LogP contribution in [0.1, 0.15) is 72.1 Å². The molecule has 0 aromatic heterocycles. The summed E-state index contributed by atoms with van der Waals surface area (Å²) in [6.45, 7) is 6.71.